The maximum Gasteiger partial charge on any atom is 0.411 e. The van der Waals surface area contributed by atoms with Gasteiger partial charge in [-0.05, 0) is 11.8 Å². The van der Waals surface area contributed by atoms with Crippen molar-refractivity contribution in [2.75, 3.05) is 19.8 Å². The average molecular weight is 260 g/mol. The standard InChI is InChI=1S/C10H17ClF3NO/c1-9(2)7(11)5-8(9)15-3-4-16-6-10(12,13)14/h7-8,15H,3-6H2,1-2H3. The molecule has 0 radical (unpaired) electrons. The van der Waals surface area contributed by atoms with Gasteiger partial charge in [-0.3, -0.25) is 0 Å². The van der Waals surface area contributed by atoms with Gasteiger partial charge in [-0.25, -0.2) is 0 Å². The first-order chi connectivity index (χ1) is 7.23. The van der Waals surface area contributed by atoms with Crippen molar-refractivity contribution in [1.82, 2.24) is 5.32 Å². The molecular weight excluding hydrogens is 243 g/mol. The van der Waals surface area contributed by atoms with Crippen molar-refractivity contribution in [2.24, 2.45) is 5.41 Å². The van der Waals surface area contributed by atoms with Crippen LogP contribution in [0.3, 0.4) is 0 Å². The van der Waals surface area contributed by atoms with E-state index in [1.807, 2.05) is 13.8 Å². The molecule has 1 fully saturated rings. The molecule has 96 valence electrons. The second-order valence-electron chi connectivity index (χ2n) is 4.70. The van der Waals surface area contributed by atoms with Crippen LogP contribution in [0.4, 0.5) is 13.2 Å². The molecule has 2 atom stereocenters. The normalized spacial score (nSPS) is 28.9. The van der Waals surface area contributed by atoms with Gasteiger partial charge in [0.2, 0.25) is 0 Å². The van der Waals surface area contributed by atoms with Gasteiger partial charge in [0.1, 0.15) is 6.61 Å². The van der Waals surface area contributed by atoms with Crippen molar-refractivity contribution in [2.45, 2.75) is 37.9 Å². The summed E-state index contributed by atoms with van der Waals surface area (Å²) in [5, 5.41) is 3.29. The molecule has 16 heavy (non-hydrogen) atoms. The molecule has 0 amide bonds. The second kappa shape index (κ2) is 5.10. The van der Waals surface area contributed by atoms with Crippen LogP contribution in [0, 0.1) is 5.41 Å². The van der Waals surface area contributed by atoms with E-state index in [1.54, 1.807) is 0 Å². The van der Waals surface area contributed by atoms with Crippen LogP contribution < -0.4 is 5.32 Å². The zero-order valence-electron chi connectivity index (χ0n) is 9.40. The molecule has 1 saturated carbocycles. The molecular formula is C10H17ClF3NO. The smallest absolute Gasteiger partial charge is 0.371 e. The molecule has 6 heteroatoms. The Balaban J connectivity index is 2.05. The summed E-state index contributed by atoms with van der Waals surface area (Å²) in [4.78, 5) is 0. The summed E-state index contributed by atoms with van der Waals surface area (Å²) < 4.78 is 39.7. The van der Waals surface area contributed by atoms with Crippen molar-refractivity contribution in [1.29, 1.82) is 0 Å². The molecule has 1 N–H and O–H groups in total. The maximum atomic E-state index is 11.7. The van der Waals surface area contributed by atoms with E-state index in [1.165, 1.54) is 0 Å². The Labute approximate surface area is 98.5 Å². The van der Waals surface area contributed by atoms with E-state index in [0.717, 1.165) is 6.42 Å². The predicted octanol–water partition coefficient (Wildman–Crippen LogP) is 2.56. The summed E-state index contributed by atoms with van der Waals surface area (Å²) in [5.74, 6) is 0. The summed E-state index contributed by atoms with van der Waals surface area (Å²) in [6.45, 7) is 3.40. The zero-order valence-corrected chi connectivity index (χ0v) is 10.2. The highest BCUT2D eigenvalue weighted by Gasteiger charge is 2.46. The van der Waals surface area contributed by atoms with Crippen LogP contribution in [0.15, 0.2) is 0 Å². The number of nitrogens with one attached hydrogen (secondary N) is 1. The first kappa shape index (κ1) is 14.1. The molecule has 1 rings (SSSR count). The van der Waals surface area contributed by atoms with E-state index < -0.39 is 12.8 Å². The van der Waals surface area contributed by atoms with Gasteiger partial charge in [-0.1, -0.05) is 13.8 Å². The van der Waals surface area contributed by atoms with Crippen LogP contribution in [0.25, 0.3) is 0 Å². The summed E-state index contributed by atoms with van der Waals surface area (Å²) >= 11 is 6.02. The SMILES string of the molecule is CC1(C)C(Cl)CC1NCCOCC(F)(F)F. The number of hydrogen-bond acceptors (Lipinski definition) is 2. The van der Waals surface area contributed by atoms with Crippen molar-refractivity contribution >= 4 is 11.6 Å². The lowest BCUT2D eigenvalue weighted by Crippen LogP contribution is -2.58. The molecule has 1 aliphatic carbocycles. The van der Waals surface area contributed by atoms with Crippen LogP contribution >= 0.6 is 11.6 Å². The van der Waals surface area contributed by atoms with Gasteiger partial charge in [-0.15, -0.1) is 11.6 Å². The summed E-state index contributed by atoms with van der Waals surface area (Å²) in [5.41, 5.74) is 0.00554. The Bertz CT molecular complexity index is 233. The van der Waals surface area contributed by atoms with E-state index in [-0.39, 0.29) is 23.4 Å². The van der Waals surface area contributed by atoms with Crippen LogP contribution in [0.5, 0.6) is 0 Å². The van der Waals surface area contributed by atoms with Crippen molar-refractivity contribution in [3.8, 4) is 0 Å². The highest BCUT2D eigenvalue weighted by molar-refractivity contribution is 6.21. The van der Waals surface area contributed by atoms with Crippen LogP contribution in [-0.2, 0) is 4.74 Å². The maximum absolute atomic E-state index is 11.7. The number of rotatable bonds is 5. The molecule has 0 aromatic rings. The Kier molecular flexibility index (Phi) is 4.49. The number of halogens is 4. The Hall–Kier alpha value is -0.0000000000000000555. The predicted molar refractivity (Wildman–Crippen MR) is 56.7 cm³/mol. The van der Waals surface area contributed by atoms with Crippen LogP contribution in [0.1, 0.15) is 20.3 Å². The fourth-order valence-corrected chi connectivity index (χ4v) is 2.04. The Morgan fingerprint density at radius 3 is 2.50 bits per heavy atom. The van der Waals surface area contributed by atoms with Gasteiger partial charge in [-0.2, -0.15) is 13.2 Å². The minimum Gasteiger partial charge on any atom is -0.371 e. The van der Waals surface area contributed by atoms with E-state index in [0.29, 0.717) is 6.54 Å². The molecule has 0 heterocycles. The fraction of sp³-hybridized carbons (Fsp3) is 1.00. The van der Waals surface area contributed by atoms with Gasteiger partial charge in [0.25, 0.3) is 0 Å². The minimum absolute atomic E-state index is 0.00554. The van der Waals surface area contributed by atoms with Gasteiger partial charge < -0.3 is 10.1 Å². The number of alkyl halides is 4. The van der Waals surface area contributed by atoms with Gasteiger partial charge in [0.05, 0.1) is 6.61 Å². The lowest BCUT2D eigenvalue weighted by atomic mass is 9.67. The topological polar surface area (TPSA) is 21.3 Å². The summed E-state index contributed by atoms with van der Waals surface area (Å²) in [6.07, 6.45) is -3.38. The highest BCUT2D eigenvalue weighted by atomic mass is 35.5. The van der Waals surface area contributed by atoms with E-state index >= 15 is 0 Å². The molecule has 2 nitrogen and oxygen atoms in total. The molecule has 0 aliphatic heterocycles. The number of ether oxygens (including phenoxy) is 1. The quantitative estimate of drug-likeness (QED) is 0.605. The minimum atomic E-state index is -4.24. The first-order valence-electron chi connectivity index (χ1n) is 5.25. The third kappa shape index (κ3) is 3.79. The first-order valence-corrected chi connectivity index (χ1v) is 5.69. The summed E-state index contributed by atoms with van der Waals surface area (Å²) in [6, 6.07) is 0.268. The molecule has 0 aromatic carbocycles. The average Bonchev–Trinajstić information content (AvgIpc) is 2.14. The second-order valence-corrected chi connectivity index (χ2v) is 5.23. The molecule has 2 unspecified atom stereocenters. The van der Waals surface area contributed by atoms with E-state index in [2.05, 4.69) is 10.1 Å². The van der Waals surface area contributed by atoms with E-state index in [4.69, 9.17) is 11.6 Å². The van der Waals surface area contributed by atoms with E-state index in [9.17, 15) is 13.2 Å². The third-order valence-electron chi connectivity index (χ3n) is 3.05. The number of hydrogen-bond donors (Lipinski definition) is 1. The lowest BCUT2D eigenvalue weighted by molar-refractivity contribution is -0.173. The third-order valence-corrected chi connectivity index (χ3v) is 3.79. The highest BCUT2D eigenvalue weighted by Crippen LogP contribution is 2.44. The van der Waals surface area contributed by atoms with Crippen LogP contribution in [0.2, 0.25) is 0 Å². The zero-order chi connectivity index (χ0) is 12.4. The fourth-order valence-electron chi connectivity index (χ4n) is 1.71. The van der Waals surface area contributed by atoms with Crippen LogP contribution in [-0.4, -0.2) is 37.4 Å². The monoisotopic (exact) mass is 259 g/mol. The van der Waals surface area contributed by atoms with Gasteiger partial charge >= 0.3 is 6.18 Å². The largest absolute Gasteiger partial charge is 0.411 e. The van der Waals surface area contributed by atoms with Crippen molar-refractivity contribution in [3.63, 3.8) is 0 Å². The molecule has 0 spiro atoms. The molecule has 0 saturated heterocycles. The Morgan fingerprint density at radius 1 is 1.44 bits per heavy atom. The van der Waals surface area contributed by atoms with Crippen molar-refractivity contribution in [3.05, 3.63) is 0 Å². The van der Waals surface area contributed by atoms with Gasteiger partial charge in [0.15, 0.2) is 0 Å². The molecule has 0 bridgehead atoms. The molecule has 0 aromatic heterocycles. The Morgan fingerprint density at radius 2 is 2.06 bits per heavy atom. The lowest BCUT2D eigenvalue weighted by Gasteiger charge is -2.49. The van der Waals surface area contributed by atoms with Crippen molar-refractivity contribution < 1.29 is 17.9 Å². The molecule has 1 aliphatic rings. The van der Waals surface area contributed by atoms with Gasteiger partial charge in [0, 0.05) is 18.0 Å². The summed E-state index contributed by atoms with van der Waals surface area (Å²) in [7, 11) is 0.